The summed E-state index contributed by atoms with van der Waals surface area (Å²) in [6, 6.07) is 9.51. The number of ether oxygens (including phenoxy) is 2. The third kappa shape index (κ3) is 8.12. The lowest BCUT2D eigenvalue weighted by Gasteiger charge is -2.35. The molecule has 0 spiro atoms. The van der Waals surface area contributed by atoms with Crippen molar-refractivity contribution in [3.8, 4) is 5.75 Å². The molecule has 2 aliphatic rings. The molecule has 3 amide bonds. The number of rotatable bonds is 8. The number of aromatic nitrogens is 1. The summed E-state index contributed by atoms with van der Waals surface area (Å²) in [5.74, 6) is -1.58. The second-order valence-corrected chi connectivity index (χ2v) is 14.0. The van der Waals surface area contributed by atoms with Crippen molar-refractivity contribution in [2.75, 3.05) is 53.0 Å². The summed E-state index contributed by atoms with van der Waals surface area (Å²) in [4.78, 5) is 71.8. The Hall–Kier alpha value is -4.74. The van der Waals surface area contributed by atoms with Crippen molar-refractivity contribution in [3.05, 3.63) is 65.1 Å². The van der Waals surface area contributed by atoms with Crippen LogP contribution in [0.2, 0.25) is 0 Å². The summed E-state index contributed by atoms with van der Waals surface area (Å²) < 4.78 is 25.3. The third-order valence-electron chi connectivity index (χ3n) is 9.20. The number of piperidine rings is 1. The normalized spacial score (nSPS) is 15.8. The molecule has 262 valence electrons. The van der Waals surface area contributed by atoms with Gasteiger partial charge in [-0.15, -0.1) is 0 Å². The molecule has 2 aliphatic heterocycles. The van der Waals surface area contributed by atoms with E-state index in [9.17, 15) is 28.4 Å². The van der Waals surface area contributed by atoms with Gasteiger partial charge in [-0.1, -0.05) is 32.9 Å². The second kappa shape index (κ2) is 14.8. The number of halogens is 1. The molecule has 0 radical (unpaired) electrons. The van der Waals surface area contributed by atoms with Gasteiger partial charge in [-0.2, -0.15) is 0 Å². The van der Waals surface area contributed by atoms with E-state index in [1.807, 2.05) is 20.8 Å². The average molecular weight is 677 g/mol. The van der Waals surface area contributed by atoms with E-state index in [4.69, 9.17) is 9.47 Å². The minimum atomic E-state index is -0.826. The minimum absolute atomic E-state index is 0.00619. The summed E-state index contributed by atoms with van der Waals surface area (Å²) in [7, 11) is 1.42. The molecule has 0 unspecified atom stereocenters. The zero-order chi connectivity index (χ0) is 35.5. The minimum Gasteiger partial charge on any atom is -0.496 e. The molecule has 11 nitrogen and oxygen atoms in total. The number of fused-ring (bicyclic) bond motifs is 1. The molecule has 2 saturated heterocycles. The van der Waals surface area contributed by atoms with Crippen LogP contribution in [0.5, 0.6) is 5.75 Å². The molecule has 0 atom stereocenters. The number of hydrogen-bond donors (Lipinski definition) is 0. The van der Waals surface area contributed by atoms with Crippen LogP contribution in [0.3, 0.4) is 0 Å². The van der Waals surface area contributed by atoms with Crippen molar-refractivity contribution in [1.29, 1.82) is 0 Å². The van der Waals surface area contributed by atoms with Gasteiger partial charge in [0, 0.05) is 63.3 Å². The van der Waals surface area contributed by atoms with Gasteiger partial charge in [0.05, 0.1) is 30.4 Å². The van der Waals surface area contributed by atoms with E-state index in [0.717, 1.165) is 29.4 Å². The molecule has 0 aliphatic carbocycles. The van der Waals surface area contributed by atoms with E-state index in [-0.39, 0.29) is 70.5 Å². The Bertz CT molecular complexity index is 1730. The second-order valence-electron chi connectivity index (χ2n) is 14.0. The number of ketones is 1. The number of nitrogens with zero attached hydrogens (tertiary/aromatic N) is 4. The number of likely N-dealkylation sites (tertiary alicyclic amines) is 1. The number of carbonyl (C=O) groups is 5. The smallest absolute Gasteiger partial charge is 0.418 e. The topological polar surface area (TPSA) is 118 Å². The maximum Gasteiger partial charge on any atom is 0.418 e. The zero-order valence-corrected chi connectivity index (χ0v) is 28.9. The van der Waals surface area contributed by atoms with E-state index in [2.05, 4.69) is 0 Å². The Kier molecular flexibility index (Phi) is 10.7. The maximum absolute atomic E-state index is 13.9. The SMILES string of the molecule is CCOC(=O)n1cc(C(=O)C(=O)N2CCN(C(=O)CC(C)(C)C)CC2)c2cc(C(=O)N3CCC(Cc4ccc(F)cc4)CC3)c(OC)cc21. The first-order chi connectivity index (χ1) is 23.3. The molecular formula is C37H45FN4O7. The molecule has 3 heterocycles. The van der Waals surface area contributed by atoms with Gasteiger partial charge in [0.25, 0.3) is 17.6 Å². The molecule has 0 saturated carbocycles. The highest BCUT2D eigenvalue weighted by Gasteiger charge is 2.33. The Morgan fingerprint density at radius 3 is 2.08 bits per heavy atom. The van der Waals surface area contributed by atoms with Crippen molar-refractivity contribution >= 4 is 40.5 Å². The number of hydrogen-bond acceptors (Lipinski definition) is 7. The van der Waals surface area contributed by atoms with Gasteiger partial charge in [0.1, 0.15) is 11.6 Å². The predicted molar refractivity (Wildman–Crippen MR) is 181 cm³/mol. The van der Waals surface area contributed by atoms with Gasteiger partial charge in [0.2, 0.25) is 5.91 Å². The van der Waals surface area contributed by atoms with Crippen LogP contribution < -0.4 is 4.74 Å². The molecule has 5 rings (SSSR count). The third-order valence-corrected chi connectivity index (χ3v) is 9.20. The number of amides is 3. The first kappa shape index (κ1) is 35.6. The summed E-state index contributed by atoms with van der Waals surface area (Å²) in [6.07, 6.45) is 3.24. The number of Topliss-reactive ketones (excluding diaryl/α,β-unsaturated/α-hetero) is 1. The maximum atomic E-state index is 13.9. The molecule has 2 fully saturated rings. The van der Waals surface area contributed by atoms with E-state index in [1.165, 1.54) is 42.5 Å². The van der Waals surface area contributed by atoms with Gasteiger partial charge >= 0.3 is 6.09 Å². The number of methoxy groups -OCH3 is 1. The fourth-order valence-corrected chi connectivity index (χ4v) is 6.56. The Morgan fingerprint density at radius 1 is 0.857 bits per heavy atom. The summed E-state index contributed by atoms with van der Waals surface area (Å²) in [5, 5.41) is 0.251. The van der Waals surface area contributed by atoms with Gasteiger partial charge in [0.15, 0.2) is 0 Å². The van der Waals surface area contributed by atoms with E-state index >= 15 is 0 Å². The summed E-state index contributed by atoms with van der Waals surface area (Å²) >= 11 is 0. The summed E-state index contributed by atoms with van der Waals surface area (Å²) in [6.45, 7) is 9.75. The largest absolute Gasteiger partial charge is 0.496 e. The van der Waals surface area contributed by atoms with Crippen LogP contribution in [0.15, 0.2) is 42.6 Å². The van der Waals surface area contributed by atoms with Crippen LogP contribution in [0.1, 0.15) is 73.2 Å². The highest BCUT2D eigenvalue weighted by molar-refractivity contribution is 6.45. The predicted octanol–water partition coefficient (Wildman–Crippen LogP) is 5.18. The monoisotopic (exact) mass is 676 g/mol. The lowest BCUT2D eigenvalue weighted by atomic mass is 9.90. The molecular weight excluding hydrogens is 631 g/mol. The summed E-state index contributed by atoms with van der Waals surface area (Å²) in [5.41, 5.74) is 1.32. The molecule has 2 aromatic carbocycles. The number of benzene rings is 2. The quantitative estimate of drug-likeness (QED) is 0.238. The van der Waals surface area contributed by atoms with Crippen LogP contribution in [-0.2, 0) is 20.7 Å². The van der Waals surface area contributed by atoms with Crippen molar-refractivity contribution < 1.29 is 37.8 Å². The van der Waals surface area contributed by atoms with E-state index in [0.29, 0.717) is 38.5 Å². The molecule has 0 N–H and O–H groups in total. The highest BCUT2D eigenvalue weighted by Crippen LogP contribution is 2.33. The van der Waals surface area contributed by atoms with Crippen LogP contribution in [0, 0.1) is 17.2 Å². The average Bonchev–Trinajstić information content (AvgIpc) is 3.46. The molecule has 49 heavy (non-hydrogen) atoms. The Morgan fingerprint density at radius 2 is 1.49 bits per heavy atom. The molecule has 12 heteroatoms. The zero-order valence-electron chi connectivity index (χ0n) is 28.9. The Balaban J connectivity index is 1.37. The highest BCUT2D eigenvalue weighted by atomic mass is 19.1. The van der Waals surface area contributed by atoms with Crippen molar-refractivity contribution in [1.82, 2.24) is 19.3 Å². The van der Waals surface area contributed by atoms with E-state index < -0.39 is 17.8 Å². The Labute approximate surface area is 285 Å². The van der Waals surface area contributed by atoms with Crippen molar-refractivity contribution in [2.24, 2.45) is 11.3 Å². The van der Waals surface area contributed by atoms with Gasteiger partial charge in [-0.3, -0.25) is 23.7 Å². The van der Waals surface area contributed by atoms with Crippen molar-refractivity contribution in [2.45, 2.75) is 53.4 Å². The van der Waals surface area contributed by atoms with Crippen LogP contribution in [-0.4, -0.2) is 102 Å². The van der Waals surface area contributed by atoms with Crippen LogP contribution in [0.25, 0.3) is 10.9 Å². The standard InChI is InChI=1S/C37H45FN4O7/c1-6-49-36(47)42-23-29(33(44)35(46)41-17-15-39(16-18-41)32(43)22-37(2,3)4)27-20-28(31(48-5)21-30(27)42)34(45)40-13-11-25(12-14-40)19-24-7-9-26(38)10-8-24/h7-10,20-21,23,25H,6,11-19,22H2,1-5H3. The molecule has 0 bridgehead atoms. The van der Waals surface area contributed by atoms with Gasteiger partial charge < -0.3 is 24.2 Å². The number of carbonyl (C=O) groups excluding carboxylic acids is 5. The van der Waals surface area contributed by atoms with Gasteiger partial charge in [-0.25, -0.2) is 9.18 Å². The molecule has 3 aromatic rings. The molecule has 1 aromatic heterocycles. The first-order valence-electron chi connectivity index (χ1n) is 16.8. The van der Waals surface area contributed by atoms with Crippen LogP contribution >= 0.6 is 0 Å². The lowest BCUT2D eigenvalue weighted by Crippen LogP contribution is -2.52. The van der Waals surface area contributed by atoms with Gasteiger partial charge in [-0.05, 0) is 61.3 Å². The first-order valence-corrected chi connectivity index (χ1v) is 16.8. The lowest BCUT2D eigenvalue weighted by molar-refractivity contribution is -0.138. The fourth-order valence-electron chi connectivity index (χ4n) is 6.56. The fraction of sp³-hybridized carbons (Fsp3) is 0.486. The van der Waals surface area contributed by atoms with E-state index in [1.54, 1.807) is 28.9 Å². The van der Waals surface area contributed by atoms with Crippen LogP contribution in [0.4, 0.5) is 9.18 Å². The van der Waals surface area contributed by atoms with Crippen molar-refractivity contribution in [3.63, 3.8) is 0 Å². The number of piperazine rings is 1.